The molecule has 4 rings (SSSR count). The molecule has 32 heavy (non-hydrogen) atoms. The van der Waals surface area contributed by atoms with Crippen LogP contribution in [0, 0.1) is 5.92 Å². The third-order valence-electron chi connectivity index (χ3n) is 6.78. The van der Waals surface area contributed by atoms with Gasteiger partial charge in [0.15, 0.2) is 6.04 Å². The number of benzene rings is 1. The number of carbonyl (C=O) groups is 2. The zero-order valence-corrected chi connectivity index (χ0v) is 20.0. The van der Waals surface area contributed by atoms with Crippen LogP contribution in [0.4, 0.5) is 5.00 Å². The van der Waals surface area contributed by atoms with E-state index in [-0.39, 0.29) is 17.9 Å². The van der Waals surface area contributed by atoms with E-state index < -0.39 is 0 Å². The minimum atomic E-state index is -0.326. The van der Waals surface area contributed by atoms with Gasteiger partial charge < -0.3 is 15.4 Å². The van der Waals surface area contributed by atoms with Gasteiger partial charge in [0.1, 0.15) is 5.00 Å². The highest BCUT2D eigenvalue weighted by molar-refractivity contribution is 7.17. The molecule has 0 radical (unpaired) electrons. The molecule has 1 aromatic heterocycles. The van der Waals surface area contributed by atoms with Gasteiger partial charge in [-0.05, 0) is 63.4 Å². The van der Waals surface area contributed by atoms with Gasteiger partial charge in [-0.1, -0.05) is 43.7 Å². The van der Waals surface area contributed by atoms with Crippen molar-refractivity contribution >= 4 is 28.2 Å². The van der Waals surface area contributed by atoms with Gasteiger partial charge in [-0.2, -0.15) is 0 Å². The topological polar surface area (TPSA) is 72.0 Å². The van der Waals surface area contributed by atoms with Crippen LogP contribution in [0.5, 0.6) is 0 Å². The molecule has 1 heterocycles. The lowest BCUT2D eigenvalue weighted by Crippen LogP contribution is -2.92. The van der Waals surface area contributed by atoms with Crippen LogP contribution in [-0.2, 0) is 22.4 Å². The van der Waals surface area contributed by atoms with E-state index in [1.807, 2.05) is 37.3 Å². The first-order valence-corrected chi connectivity index (χ1v) is 12.9. The number of rotatable bonds is 7. The van der Waals surface area contributed by atoms with Crippen molar-refractivity contribution in [3.05, 3.63) is 51.9 Å². The number of fused-ring (bicyclic) bond motifs is 1. The van der Waals surface area contributed by atoms with Crippen LogP contribution in [0.2, 0.25) is 0 Å². The first kappa shape index (κ1) is 23.0. The van der Waals surface area contributed by atoms with E-state index >= 15 is 0 Å². The maximum Gasteiger partial charge on any atom is 0.341 e. The number of quaternary nitrogens is 1. The summed E-state index contributed by atoms with van der Waals surface area (Å²) in [7, 11) is 0. The van der Waals surface area contributed by atoms with E-state index in [1.54, 1.807) is 11.3 Å². The Labute approximate surface area is 194 Å². The summed E-state index contributed by atoms with van der Waals surface area (Å²) in [5.41, 5.74) is 2.66. The number of nitrogens with two attached hydrogens (primary N) is 1. The Morgan fingerprint density at radius 1 is 1.16 bits per heavy atom. The molecule has 1 saturated carbocycles. The van der Waals surface area contributed by atoms with E-state index in [9.17, 15) is 9.59 Å². The Kier molecular flexibility index (Phi) is 7.63. The second kappa shape index (κ2) is 10.6. The molecule has 2 aliphatic carbocycles. The number of hydrogen-bond donors (Lipinski definition) is 2. The summed E-state index contributed by atoms with van der Waals surface area (Å²) in [6.07, 6.45) is 8.93. The monoisotopic (exact) mass is 455 g/mol. The van der Waals surface area contributed by atoms with Crippen molar-refractivity contribution in [1.82, 2.24) is 0 Å². The van der Waals surface area contributed by atoms with Crippen LogP contribution < -0.4 is 10.6 Å². The molecule has 1 amide bonds. The summed E-state index contributed by atoms with van der Waals surface area (Å²) in [4.78, 5) is 27.7. The van der Waals surface area contributed by atoms with Crippen LogP contribution in [-0.4, -0.2) is 24.5 Å². The van der Waals surface area contributed by atoms with Gasteiger partial charge in [-0.3, -0.25) is 4.79 Å². The summed E-state index contributed by atoms with van der Waals surface area (Å²) >= 11 is 1.56. The molecule has 172 valence electrons. The molecular formula is C26H35N2O3S+. The number of nitrogens with one attached hydrogen (secondary N) is 1. The number of hydrogen-bond acceptors (Lipinski definition) is 4. The largest absolute Gasteiger partial charge is 0.462 e. The van der Waals surface area contributed by atoms with Crippen LogP contribution in [0.25, 0.3) is 0 Å². The zero-order valence-electron chi connectivity index (χ0n) is 19.2. The number of amides is 1. The van der Waals surface area contributed by atoms with E-state index in [0.717, 1.165) is 43.2 Å². The number of esters is 1. The van der Waals surface area contributed by atoms with Gasteiger partial charge in [0, 0.05) is 10.4 Å². The van der Waals surface area contributed by atoms with Crippen molar-refractivity contribution in [2.45, 2.75) is 77.3 Å². The molecule has 0 saturated heterocycles. The lowest BCUT2D eigenvalue weighted by atomic mass is 9.88. The number of carbonyl (C=O) groups excluding carboxylic acids is 2. The van der Waals surface area contributed by atoms with Crippen molar-refractivity contribution in [2.75, 3.05) is 11.9 Å². The highest BCUT2D eigenvalue weighted by atomic mass is 32.1. The zero-order chi connectivity index (χ0) is 22.5. The van der Waals surface area contributed by atoms with Gasteiger partial charge in [-0.25, -0.2) is 4.79 Å². The van der Waals surface area contributed by atoms with Crippen molar-refractivity contribution in [2.24, 2.45) is 5.92 Å². The Balaban J connectivity index is 1.61. The molecule has 1 fully saturated rings. The Hall–Kier alpha value is -2.18. The van der Waals surface area contributed by atoms with Crippen LogP contribution in [0.1, 0.15) is 84.8 Å². The molecule has 6 heteroatoms. The van der Waals surface area contributed by atoms with E-state index in [0.29, 0.717) is 29.1 Å². The first-order valence-electron chi connectivity index (χ1n) is 12.1. The molecule has 2 aliphatic rings. The van der Waals surface area contributed by atoms with Crippen molar-refractivity contribution in [3.63, 3.8) is 0 Å². The van der Waals surface area contributed by atoms with Crippen molar-refractivity contribution in [3.8, 4) is 0 Å². The fourth-order valence-corrected chi connectivity index (χ4v) is 6.46. The second-order valence-corrected chi connectivity index (χ2v) is 10.3. The van der Waals surface area contributed by atoms with Crippen molar-refractivity contribution < 1.29 is 19.6 Å². The average molecular weight is 456 g/mol. The van der Waals surface area contributed by atoms with E-state index in [4.69, 9.17) is 4.74 Å². The summed E-state index contributed by atoms with van der Waals surface area (Å²) in [5.74, 6) is 0.220. The predicted octanol–water partition coefficient (Wildman–Crippen LogP) is 4.63. The molecule has 2 aromatic rings. The number of ether oxygens (including phenoxy) is 1. The van der Waals surface area contributed by atoms with Gasteiger partial charge in [0.2, 0.25) is 0 Å². The highest BCUT2D eigenvalue weighted by Crippen LogP contribution is 2.40. The summed E-state index contributed by atoms with van der Waals surface area (Å²) in [6.45, 7) is 4.40. The Morgan fingerprint density at radius 3 is 2.62 bits per heavy atom. The molecule has 1 aromatic carbocycles. The lowest BCUT2D eigenvalue weighted by Gasteiger charge is -2.25. The number of anilines is 1. The Bertz CT molecular complexity index is 934. The lowest BCUT2D eigenvalue weighted by molar-refractivity contribution is -0.717. The minimum absolute atomic E-state index is 0.0565. The van der Waals surface area contributed by atoms with Crippen LogP contribution in [0.3, 0.4) is 0 Å². The molecule has 0 unspecified atom stereocenters. The molecule has 5 nitrogen and oxygen atoms in total. The SMILES string of the molecule is CCOC(=O)c1c(NC(=O)[C@@H]([NH2+]C2CCCCC2)c2ccccc2)sc2c1CC[C@@H](C)C2. The normalized spacial score (nSPS) is 19.8. The highest BCUT2D eigenvalue weighted by Gasteiger charge is 2.33. The molecular weight excluding hydrogens is 420 g/mol. The van der Waals surface area contributed by atoms with Gasteiger partial charge in [-0.15, -0.1) is 11.3 Å². The van der Waals surface area contributed by atoms with Crippen LogP contribution in [0.15, 0.2) is 30.3 Å². The fraction of sp³-hybridized carbons (Fsp3) is 0.538. The Morgan fingerprint density at radius 2 is 1.91 bits per heavy atom. The second-order valence-electron chi connectivity index (χ2n) is 9.24. The number of thiophene rings is 1. The quantitative estimate of drug-likeness (QED) is 0.598. The van der Waals surface area contributed by atoms with Gasteiger partial charge in [0.05, 0.1) is 18.2 Å². The smallest absolute Gasteiger partial charge is 0.341 e. The summed E-state index contributed by atoms with van der Waals surface area (Å²) in [6, 6.07) is 10.1. The summed E-state index contributed by atoms with van der Waals surface area (Å²) in [5, 5.41) is 6.05. The van der Waals surface area contributed by atoms with E-state index in [2.05, 4.69) is 17.6 Å². The van der Waals surface area contributed by atoms with Gasteiger partial charge >= 0.3 is 5.97 Å². The average Bonchev–Trinajstić information content (AvgIpc) is 3.15. The molecule has 2 atom stereocenters. The molecule has 3 N–H and O–H groups in total. The molecule has 0 bridgehead atoms. The molecule has 0 spiro atoms. The van der Waals surface area contributed by atoms with Gasteiger partial charge in [0.25, 0.3) is 5.91 Å². The fourth-order valence-electron chi connectivity index (χ4n) is 5.06. The minimum Gasteiger partial charge on any atom is -0.462 e. The maximum atomic E-state index is 13.6. The standard InChI is InChI=1S/C26H34N2O3S/c1-3-31-26(30)22-20-15-14-17(2)16-21(20)32-25(22)28-24(29)23(18-10-6-4-7-11-18)27-19-12-8-5-9-13-19/h4,6-7,10-11,17,19,23,27H,3,5,8-9,12-16H2,1-2H3,(H,28,29)/p+1/t17-,23+/m1/s1. The predicted molar refractivity (Wildman–Crippen MR) is 128 cm³/mol. The third kappa shape index (κ3) is 5.24. The van der Waals surface area contributed by atoms with Crippen molar-refractivity contribution in [1.29, 1.82) is 0 Å². The summed E-state index contributed by atoms with van der Waals surface area (Å²) < 4.78 is 5.38. The first-order chi connectivity index (χ1) is 15.6. The van der Waals surface area contributed by atoms with Crippen LogP contribution >= 0.6 is 11.3 Å². The molecule has 0 aliphatic heterocycles. The maximum absolute atomic E-state index is 13.6. The van der Waals surface area contributed by atoms with E-state index in [1.165, 1.54) is 24.1 Å². The third-order valence-corrected chi connectivity index (χ3v) is 7.95.